The van der Waals surface area contributed by atoms with Crippen molar-refractivity contribution in [3.63, 3.8) is 0 Å². The lowest BCUT2D eigenvalue weighted by molar-refractivity contribution is 0.216. The fourth-order valence-corrected chi connectivity index (χ4v) is 3.12. The predicted octanol–water partition coefficient (Wildman–Crippen LogP) is 3.24. The Morgan fingerprint density at radius 2 is 1.83 bits per heavy atom. The Kier molecular flexibility index (Phi) is 5.17. The second kappa shape index (κ2) is 6.02. The molecular formula is C12H22NO4P. The summed E-state index contributed by atoms with van der Waals surface area (Å²) >= 11 is 0. The number of hydrogen-bond donors (Lipinski definition) is 1. The number of rotatable bonds is 7. The fourth-order valence-electron chi connectivity index (χ4n) is 1.52. The normalized spacial score (nSPS) is 12.9. The number of hydrogen-bond acceptors (Lipinski definition) is 5. The van der Waals surface area contributed by atoms with Crippen LogP contribution in [-0.4, -0.2) is 13.2 Å². The van der Waals surface area contributed by atoms with Crippen molar-refractivity contribution in [3.8, 4) is 0 Å². The zero-order chi connectivity index (χ0) is 13.8. The summed E-state index contributed by atoms with van der Waals surface area (Å²) in [7, 11) is -3.11. The number of nitrogens with two attached hydrogens (primary N) is 1. The molecule has 0 saturated carbocycles. The van der Waals surface area contributed by atoms with Gasteiger partial charge in [-0.15, -0.1) is 0 Å². The molecule has 6 heteroatoms. The topological polar surface area (TPSA) is 74.7 Å². The Balaban J connectivity index is 2.82. The maximum Gasteiger partial charge on any atom is 0.338 e. The minimum absolute atomic E-state index is 0.130. The van der Waals surface area contributed by atoms with E-state index in [1.54, 1.807) is 26.0 Å². The summed E-state index contributed by atoms with van der Waals surface area (Å²) in [5.41, 5.74) is 5.37. The summed E-state index contributed by atoms with van der Waals surface area (Å²) in [5.74, 6) is 1.21. The van der Waals surface area contributed by atoms with Crippen LogP contribution in [0.3, 0.4) is 0 Å². The van der Waals surface area contributed by atoms with Crippen molar-refractivity contribution < 1.29 is 18.0 Å². The van der Waals surface area contributed by atoms with E-state index in [4.69, 9.17) is 19.2 Å². The van der Waals surface area contributed by atoms with E-state index in [1.807, 2.05) is 13.8 Å². The maximum absolute atomic E-state index is 12.3. The van der Waals surface area contributed by atoms with Crippen LogP contribution in [0.2, 0.25) is 0 Å². The molecule has 1 aromatic rings. The lowest BCUT2D eigenvalue weighted by atomic mass is 10.0. The van der Waals surface area contributed by atoms with Crippen molar-refractivity contribution in [2.24, 2.45) is 5.73 Å². The summed E-state index contributed by atoms with van der Waals surface area (Å²) in [5, 5.41) is 0. The predicted molar refractivity (Wildman–Crippen MR) is 70.5 cm³/mol. The molecule has 104 valence electrons. The maximum atomic E-state index is 12.3. The van der Waals surface area contributed by atoms with Gasteiger partial charge in [-0.2, -0.15) is 0 Å². The smallest absolute Gasteiger partial charge is 0.338 e. The molecule has 0 aliphatic heterocycles. The molecule has 2 N–H and O–H groups in total. The highest BCUT2D eigenvalue weighted by Gasteiger charge is 2.27. The van der Waals surface area contributed by atoms with E-state index in [-0.39, 0.29) is 6.16 Å². The first-order valence-corrected chi connectivity index (χ1v) is 7.79. The van der Waals surface area contributed by atoms with Crippen LogP contribution in [0.25, 0.3) is 0 Å². The highest BCUT2D eigenvalue weighted by atomic mass is 31.2. The molecule has 18 heavy (non-hydrogen) atoms. The average molecular weight is 275 g/mol. The second-order valence-corrected chi connectivity index (χ2v) is 6.65. The van der Waals surface area contributed by atoms with Crippen molar-refractivity contribution in [3.05, 3.63) is 23.7 Å². The summed E-state index contributed by atoms with van der Waals surface area (Å²) in [6, 6.07) is 3.55. The Morgan fingerprint density at radius 3 is 2.22 bits per heavy atom. The van der Waals surface area contributed by atoms with E-state index in [1.165, 1.54) is 0 Å². The first-order chi connectivity index (χ1) is 8.30. The van der Waals surface area contributed by atoms with Crippen LogP contribution in [-0.2, 0) is 25.3 Å². The SMILES string of the molecule is CCOP(=O)(Cc1ccc(C(C)(C)N)o1)OCC. The molecular weight excluding hydrogens is 253 g/mol. The molecule has 0 amide bonds. The van der Waals surface area contributed by atoms with Crippen LogP contribution in [0.1, 0.15) is 39.2 Å². The van der Waals surface area contributed by atoms with Gasteiger partial charge < -0.3 is 19.2 Å². The Hall–Kier alpha value is -0.610. The molecule has 0 aliphatic rings. The van der Waals surface area contributed by atoms with Gasteiger partial charge in [-0.25, -0.2) is 0 Å². The largest absolute Gasteiger partial charge is 0.463 e. The molecule has 1 heterocycles. The second-order valence-electron chi connectivity index (χ2n) is 4.59. The van der Waals surface area contributed by atoms with Gasteiger partial charge in [-0.05, 0) is 39.8 Å². The van der Waals surface area contributed by atoms with Crippen LogP contribution in [0.5, 0.6) is 0 Å². The molecule has 0 radical (unpaired) electrons. The van der Waals surface area contributed by atoms with Crippen molar-refractivity contribution in [2.45, 2.75) is 39.4 Å². The van der Waals surface area contributed by atoms with Crippen molar-refractivity contribution in [1.82, 2.24) is 0 Å². The van der Waals surface area contributed by atoms with Gasteiger partial charge in [0.1, 0.15) is 17.7 Å². The summed E-state index contributed by atoms with van der Waals surface area (Å²) in [4.78, 5) is 0. The summed E-state index contributed by atoms with van der Waals surface area (Å²) < 4.78 is 28.3. The molecule has 0 aromatic carbocycles. The summed E-state index contributed by atoms with van der Waals surface area (Å²) in [6.45, 7) is 7.94. The zero-order valence-corrected chi connectivity index (χ0v) is 12.3. The lowest BCUT2D eigenvalue weighted by Gasteiger charge is -2.17. The van der Waals surface area contributed by atoms with E-state index in [0.29, 0.717) is 24.7 Å². The quantitative estimate of drug-likeness (QED) is 0.773. The molecule has 0 fully saturated rings. The van der Waals surface area contributed by atoms with Crippen LogP contribution >= 0.6 is 7.60 Å². The van der Waals surface area contributed by atoms with Crippen LogP contribution < -0.4 is 5.73 Å². The molecule has 0 spiro atoms. The van der Waals surface area contributed by atoms with Gasteiger partial charge in [0.15, 0.2) is 0 Å². The van der Waals surface area contributed by atoms with E-state index < -0.39 is 13.1 Å². The van der Waals surface area contributed by atoms with E-state index >= 15 is 0 Å². The summed E-state index contributed by atoms with van der Waals surface area (Å²) in [6.07, 6.45) is 0.130. The molecule has 0 aliphatic carbocycles. The highest BCUT2D eigenvalue weighted by molar-refractivity contribution is 7.53. The number of furan rings is 1. The average Bonchev–Trinajstić information content (AvgIpc) is 2.65. The van der Waals surface area contributed by atoms with Crippen LogP contribution in [0, 0.1) is 0 Å². The van der Waals surface area contributed by atoms with Gasteiger partial charge in [0.05, 0.1) is 18.8 Å². The molecule has 0 atom stereocenters. The van der Waals surface area contributed by atoms with Gasteiger partial charge >= 0.3 is 7.60 Å². The van der Waals surface area contributed by atoms with Crippen LogP contribution in [0.4, 0.5) is 0 Å². The third-order valence-corrected chi connectivity index (χ3v) is 4.30. The third kappa shape index (κ3) is 4.25. The van der Waals surface area contributed by atoms with Crippen molar-refractivity contribution in [1.29, 1.82) is 0 Å². The molecule has 0 bridgehead atoms. The standard InChI is InChI=1S/C12H22NO4P/c1-5-15-18(14,16-6-2)9-10-7-8-11(17-10)12(3,4)13/h7-8H,5-6,9,13H2,1-4H3. The van der Waals surface area contributed by atoms with Crippen molar-refractivity contribution >= 4 is 7.60 Å². The van der Waals surface area contributed by atoms with Crippen molar-refractivity contribution in [2.75, 3.05) is 13.2 Å². The first-order valence-electron chi connectivity index (χ1n) is 6.07. The molecule has 0 saturated heterocycles. The molecule has 1 rings (SSSR count). The Labute approximate surface area is 108 Å². The zero-order valence-electron chi connectivity index (χ0n) is 11.4. The molecule has 1 aromatic heterocycles. The minimum Gasteiger partial charge on any atom is -0.463 e. The Morgan fingerprint density at radius 1 is 1.28 bits per heavy atom. The van der Waals surface area contributed by atoms with Gasteiger partial charge in [0.2, 0.25) is 0 Å². The fraction of sp³-hybridized carbons (Fsp3) is 0.667. The van der Waals surface area contributed by atoms with E-state index in [2.05, 4.69) is 0 Å². The Bertz CT molecular complexity index is 412. The lowest BCUT2D eigenvalue weighted by Crippen LogP contribution is -2.27. The van der Waals surface area contributed by atoms with E-state index in [9.17, 15) is 4.57 Å². The van der Waals surface area contributed by atoms with Gasteiger partial charge in [0, 0.05) is 0 Å². The monoisotopic (exact) mass is 275 g/mol. The first kappa shape index (κ1) is 15.4. The third-order valence-electron chi connectivity index (χ3n) is 2.30. The van der Waals surface area contributed by atoms with Crippen LogP contribution in [0.15, 0.2) is 16.5 Å². The van der Waals surface area contributed by atoms with Gasteiger partial charge in [-0.1, -0.05) is 0 Å². The molecule has 0 unspecified atom stereocenters. The van der Waals surface area contributed by atoms with Gasteiger partial charge in [-0.3, -0.25) is 4.57 Å². The minimum atomic E-state index is -3.11. The highest BCUT2D eigenvalue weighted by Crippen LogP contribution is 2.51. The van der Waals surface area contributed by atoms with E-state index in [0.717, 1.165) is 0 Å². The van der Waals surface area contributed by atoms with Gasteiger partial charge in [0.25, 0.3) is 0 Å². The molecule has 5 nitrogen and oxygen atoms in total.